The van der Waals surface area contributed by atoms with Gasteiger partial charge in [0.15, 0.2) is 0 Å². The molecule has 0 aliphatic rings. The monoisotopic (exact) mass is 417 g/mol. The van der Waals surface area contributed by atoms with Gasteiger partial charge in [-0.05, 0) is 42.0 Å². The molecular formula is C23H15NO7. The van der Waals surface area contributed by atoms with Crippen LogP contribution < -0.4 is 10.4 Å². The van der Waals surface area contributed by atoms with Gasteiger partial charge in [-0.2, -0.15) is 0 Å². The van der Waals surface area contributed by atoms with Crippen molar-refractivity contribution >= 4 is 22.6 Å². The summed E-state index contributed by atoms with van der Waals surface area (Å²) in [6.45, 7) is -0.0388. The number of nitro benzene ring substituents is 1. The molecule has 3 aromatic carbocycles. The van der Waals surface area contributed by atoms with Crippen LogP contribution in [0.25, 0.3) is 11.0 Å². The fourth-order valence-electron chi connectivity index (χ4n) is 2.86. The third-order valence-corrected chi connectivity index (χ3v) is 4.44. The summed E-state index contributed by atoms with van der Waals surface area (Å²) < 4.78 is 16.0. The fourth-order valence-corrected chi connectivity index (χ4v) is 2.86. The molecule has 8 heteroatoms. The first-order valence-electron chi connectivity index (χ1n) is 9.21. The Hall–Kier alpha value is -4.46. The lowest BCUT2D eigenvalue weighted by molar-refractivity contribution is -0.384. The summed E-state index contributed by atoms with van der Waals surface area (Å²) in [6.07, 6.45) is 0. The standard InChI is InChI=1S/C23H15NO7/c25-22(20-13-16-3-1-2-4-21(16)31-23(20)26)29-14-15-5-9-18(10-6-15)30-19-11-7-17(8-12-19)24(27)28/h1-13H,14H2. The lowest BCUT2D eigenvalue weighted by Gasteiger charge is -2.08. The van der Waals surface area contributed by atoms with Crippen molar-refractivity contribution in [2.24, 2.45) is 0 Å². The van der Waals surface area contributed by atoms with E-state index in [4.69, 9.17) is 13.9 Å². The SMILES string of the molecule is O=C(OCc1ccc(Oc2ccc([N+](=O)[O-])cc2)cc1)c1cc2ccccc2oc1=O. The number of hydrogen-bond donors (Lipinski definition) is 0. The van der Waals surface area contributed by atoms with E-state index in [9.17, 15) is 19.7 Å². The second kappa shape index (κ2) is 8.50. The largest absolute Gasteiger partial charge is 0.457 e. The van der Waals surface area contributed by atoms with E-state index in [1.165, 1.54) is 30.3 Å². The van der Waals surface area contributed by atoms with Gasteiger partial charge in [0.25, 0.3) is 5.69 Å². The summed E-state index contributed by atoms with van der Waals surface area (Å²) in [5.41, 5.74) is 0.138. The number of non-ortho nitro benzene ring substituents is 1. The molecule has 4 aromatic rings. The maximum absolute atomic E-state index is 12.3. The molecule has 0 N–H and O–H groups in total. The zero-order valence-corrected chi connectivity index (χ0v) is 16.0. The van der Waals surface area contributed by atoms with Crippen LogP contribution in [0.3, 0.4) is 0 Å². The number of benzene rings is 3. The van der Waals surface area contributed by atoms with Gasteiger partial charge in [0.1, 0.15) is 29.3 Å². The molecular weight excluding hydrogens is 402 g/mol. The van der Waals surface area contributed by atoms with E-state index in [0.29, 0.717) is 28.0 Å². The van der Waals surface area contributed by atoms with E-state index in [1.807, 2.05) is 0 Å². The summed E-state index contributed by atoms with van der Waals surface area (Å²) in [6, 6.07) is 20.8. The molecule has 0 saturated carbocycles. The molecule has 0 amide bonds. The summed E-state index contributed by atoms with van der Waals surface area (Å²) in [4.78, 5) is 34.6. The second-order valence-electron chi connectivity index (χ2n) is 6.56. The quantitative estimate of drug-likeness (QED) is 0.191. The molecule has 31 heavy (non-hydrogen) atoms. The van der Waals surface area contributed by atoms with Gasteiger partial charge in [-0.15, -0.1) is 0 Å². The highest BCUT2D eigenvalue weighted by Crippen LogP contribution is 2.24. The fraction of sp³-hybridized carbons (Fsp3) is 0.0435. The van der Waals surface area contributed by atoms with Crippen molar-refractivity contribution in [3.8, 4) is 11.5 Å². The molecule has 0 atom stereocenters. The van der Waals surface area contributed by atoms with Gasteiger partial charge in [0.2, 0.25) is 0 Å². The predicted molar refractivity (Wildman–Crippen MR) is 111 cm³/mol. The van der Waals surface area contributed by atoms with Crippen molar-refractivity contribution in [3.63, 3.8) is 0 Å². The average Bonchev–Trinajstić information content (AvgIpc) is 2.78. The minimum Gasteiger partial charge on any atom is -0.457 e. The molecule has 0 spiro atoms. The second-order valence-corrected chi connectivity index (χ2v) is 6.56. The van der Waals surface area contributed by atoms with Crippen molar-refractivity contribution < 1.29 is 23.6 Å². The highest BCUT2D eigenvalue weighted by molar-refractivity contribution is 5.92. The van der Waals surface area contributed by atoms with E-state index >= 15 is 0 Å². The summed E-state index contributed by atoms with van der Waals surface area (Å²) in [5, 5.41) is 11.3. The van der Waals surface area contributed by atoms with Crippen LogP contribution in [0.2, 0.25) is 0 Å². The molecule has 0 aliphatic carbocycles. The molecule has 0 fully saturated rings. The van der Waals surface area contributed by atoms with Gasteiger partial charge >= 0.3 is 11.6 Å². The minimum absolute atomic E-state index is 0.0232. The van der Waals surface area contributed by atoms with Crippen molar-refractivity contribution in [2.75, 3.05) is 0 Å². The van der Waals surface area contributed by atoms with Gasteiger partial charge in [-0.25, -0.2) is 9.59 Å². The lowest BCUT2D eigenvalue weighted by atomic mass is 10.2. The van der Waals surface area contributed by atoms with Crippen LogP contribution in [0.15, 0.2) is 88.1 Å². The number of rotatable bonds is 6. The Kier molecular flexibility index (Phi) is 5.44. The third kappa shape index (κ3) is 4.59. The molecule has 0 aliphatic heterocycles. The minimum atomic E-state index is -0.772. The maximum Gasteiger partial charge on any atom is 0.351 e. The first-order chi connectivity index (χ1) is 15.0. The number of carbonyl (C=O) groups is 1. The number of hydrogen-bond acceptors (Lipinski definition) is 7. The van der Waals surface area contributed by atoms with Crippen molar-refractivity contribution in [2.45, 2.75) is 6.61 Å². The highest BCUT2D eigenvalue weighted by atomic mass is 16.6. The van der Waals surface area contributed by atoms with Crippen LogP contribution in [-0.4, -0.2) is 10.9 Å². The molecule has 0 unspecified atom stereocenters. The van der Waals surface area contributed by atoms with Crippen LogP contribution in [0, 0.1) is 10.1 Å². The molecule has 154 valence electrons. The van der Waals surface area contributed by atoms with Gasteiger partial charge in [0.05, 0.1) is 4.92 Å². The number of nitro groups is 1. The van der Waals surface area contributed by atoms with E-state index in [2.05, 4.69) is 0 Å². The van der Waals surface area contributed by atoms with Crippen LogP contribution >= 0.6 is 0 Å². The summed E-state index contributed by atoms with van der Waals surface area (Å²) in [7, 11) is 0. The Morgan fingerprint density at radius 2 is 1.58 bits per heavy atom. The number of para-hydroxylation sites is 1. The number of nitrogens with zero attached hydrogens (tertiary/aromatic N) is 1. The topological polar surface area (TPSA) is 109 Å². The molecule has 4 rings (SSSR count). The van der Waals surface area contributed by atoms with Crippen molar-refractivity contribution in [1.82, 2.24) is 0 Å². The van der Waals surface area contributed by atoms with Gasteiger partial charge in [0, 0.05) is 17.5 Å². The molecule has 0 radical (unpaired) electrons. The van der Waals surface area contributed by atoms with E-state index in [-0.39, 0.29) is 17.9 Å². The van der Waals surface area contributed by atoms with Crippen LogP contribution in [0.1, 0.15) is 15.9 Å². The van der Waals surface area contributed by atoms with E-state index in [1.54, 1.807) is 48.5 Å². The Morgan fingerprint density at radius 1 is 0.935 bits per heavy atom. The van der Waals surface area contributed by atoms with Crippen molar-refractivity contribution in [1.29, 1.82) is 0 Å². The Labute approximate surface area is 175 Å². The van der Waals surface area contributed by atoms with Crippen molar-refractivity contribution in [3.05, 3.63) is 111 Å². The van der Waals surface area contributed by atoms with E-state index in [0.717, 1.165) is 0 Å². The van der Waals surface area contributed by atoms with Crippen LogP contribution in [0.5, 0.6) is 11.5 Å². The molecule has 8 nitrogen and oxygen atoms in total. The van der Waals surface area contributed by atoms with Gasteiger partial charge in [-0.1, -0.05) is 30.3 Å². The summed E-state index contributed by atoms with van der Waals surface area (Å²) >= 11 is 0. The smallest absolute Gasteiger partial charge is 0.351 e. The Balaban J connectivity index is 1.39. The Morgan fingerprint density at radius 3 is 2.26 bits per heavy atom. The predicted octanol–water partition coefficient (Wildman–Crippen LogP) is 4.85. The normalized spacial score (nSPS) is 10.6. The third-order valence-electron chi connectivity index (χ3n) is 4.44. The Bertz CT molecular complexity index is 1310. The number of esters is 1. The molecule has 0 saturated heterocycles. The zero-order valence-electron chi connectivity index (χ0n) is 16.0. The molecule has 0 bridgehead atoms. The summed E-state index contributed by atoms with van der Waals surface area (Å²) in [5.74, 6) is 0.192. The van der Waals surface area contributed by atoms with Gasteiger partial charge < -0.3 is 13.9 Å². The van der Waals surface area contributed by atoms with Crippen LogP contribution in [0.4, 0.5) is 5.69 Å². The average molecular weight is 417 g/mol. The first kappa shape index (κ1) is 19.8. The molecule has 1 aromatic heterocycles. The highest BCUT2D eigenvalue weighted by Gasteiger charge is 2.15. The molecule has 1 heterocycles. The maximum atomic E-state index is 12.3. The number of fused-ring (bicyclic) bond motifs is 1. The first-order valence-corrected chi connectivity index (χ1v) is 9.21. The van der Waals surface area contributed by atoms with E-state index < -0.39 is 16.5 Å². The zero-order chi connectivity index (χ0) is 21.8. The lowest BCUT2D eigenvalue weighted by Crippen LogP contribution is -2.16. The van der Waals surface area contributed by atoms with Gasteiger partial charge in [-0.3, -0.25) is 10.1 Å². The number of ether oxygens (including phenoxy) is 2. The number of carbonyl (C=O) groups excluding carboxylic acids is 1. The van der Waals surface area contributed by atoms with Crippen LogP contribution in [-0.2, 0) is 11.3 Å².